The molecule has 0 aliphatic carbocycles. The maximum Gasteiger partial charge on any atom is 0.280 e. The summed E-state index contributed by atoms with van der Waals surface area (Å²) >= 11 is 0. The van der Waals surface area contributed by atoms with E-state index in [0.29, 0.717) is 6.54 Å². The van der Waals surface area contributed by atoms with Crippen molar-refractivity contribution in [2.75, 3.05) is 6.54 Å². The van der Waals surface area contributed by atoms with Gasteiger partial charge in [-0.2, -0.15) is 5.01 Å². The van der Waals surface area contributed by atoms with Gasteiger partial charge < -0.3 is 4.90 Å². The van der Waals surface area contributed by atoms with Gasteiger partial charge in [-0.05, 0) is 24.6 Å². The highest BCUT2D eigenvalue weighted by molar-refractivity contribution is 6.21. The Morgan fingerprint density at radius 2 is 1.61 bits per heavy atom. The Hall–Kier alpha value is -3.48. The molecule has 142 valence electrons. The van der Waals surface area contributed by atoms with Crippen LogP contribution in [0.25, 0.3) is 0 Å². The van der Waals surface area contributed by atoms with Gasteiger partial charge in [0.25, 0.3) is 11.8 Å². The van der Waals surface area contributed by atoms with E-state index in [1.165, 1.54) is 0 Å². The van der Waals surface area contributed by atoms with Crippen molar-refractivity contribution in [3.63, 3.8) is 0 Å². The lowest BCUT2D eigenvalue weighted by molar-refractivity contribution is -0.130. The molecule has 0 bridgehead atoms. The minimum atomic E-state index is -0.609. The molecule has 2 heterocycles. The van der Waals surface area contributed by atoms with Crippen molar-refractivity contribution >= 4 is 23.6 Å². The van der Waals surface area contributed by atoms with Crippen LogP contribution in [-0.2, 0) is 16.1 Å². The molecular weight excluding hydrogens is 358 g/mol. The van der Waals surface area contributed by atoms with Crippen molar-refractivity contribution in [3.8, 4) is 0 Å². The Labute approximate surface area is 161 Å². The molecule has 1 atom stereocenters. The Kier molecular flexibility index (Phi) is 4.43. The molecule has 4 rings (SSSR count). The molecule has 1 saturated heterocycles. The summed E-state index contributed by atoms with van der Waals surface area (Å²) in [7, 11) is 0. The minimum Gasteiger partial charge on any atom is -0.338 e. The molecule has 0 spiro atoms. The molecule has 4 amide bonds. The fourth-order valence-electron chi connectivity index (χ4n) is 3.51. The molecule has 0 radical (unpaired) electrons. The number of carbonyl (C=O) groups is 4. The molecule has 0 aromatic heterocycles. The molecule has 2 aromatic carbocycles. The molecular formula is C21H19N3O4. The Balaban J connectivity index is 1.41. The van der Waals surface area contributed by atoms with Crippen LogP contribution in [0.4, 0.5) is 0 Å². The lowest BCUT2D eigenvalue weighted by atomic mass is 10.1. The summed E-state index contributed by atoms with van der Waals surface area (Å²) in [5.41, 5.74) is 5.04. The van der Waals surface area contributed by atoms with Crippen molar-refractivity contribution in [1.82, 2.24) is 15.3 Å². The smallest absolute Gasteiger partial charge is 0.280 e. The summed E-state index contributed by atoms with van der Waals surface area (Å²) in [5.74, 6) is -2.36. The fourth-order valence-corrected chi connectivity index (χ4v) is 3.51. The zero-order chi connectivity index (χ0) is 19.8. The van der Waals surface area contributed by atoms with Crippen molar-refractivity contribution in [1.29, 1.82) is 0 Å². The standard InChI is InChI=1S/C21H19N3O4/c1-13-6-8-14(9-7-13)11-23-12-15(10-18(23)25)19(26)22-24-20(27)16-4-2-3-5-17(16)21(24)28/h2-9,15H,10-12H2,1H3,(H,22,26). The average molecular weight is 377 g/mol. The second kappa shape index (κ2) is 6.92. The Morgan fingerprint density at radius 1 is 1.00 bits per heavy atom. The first-order valence-electron chi connectivity index (χ1n) is 9.05. The second-order valence-corrected chi connectivity index (χ2v) is 7.13. The predicted molar refractivity (Wildman–Crippen MR) is 99.8 cm³/mol. The molecule has 1 N–H and O–H groups in total. The number of benzene rings is 2. The van der Waals surface area contributed by atoms with E-state index in [9.17, 15) is 19.2 Å². The fraction of sp³-hybridized carbons (Fsp3) is 0.238. The lowest BCUT2D eigenvalue weighted by Gasteiger charge is -2.19. The van der Waals surface area contributed by atoms with Gasteiger partial charge in [0.15, 0.2) is 0 Å². The number of rotatable bonds is 4. The van der Waals surface area contributed by atoms with Gasteiger partial charge in [-0.1, -0.05) is 42.0 Å². The van der Waals surface area contributed by atoms with Crippen molar-refractivity contribution in [2.24, 2.45) is 5.92 Å². The number of carbonyl (C=O) groups excluding carboxylic acids is 4. The van der Waals surface area contributed by atoms with Crippen LogP contribution in [0.2, 0.25) is 0 Å². The number of hydrazine groups is 1. The second-order valence-electron chi connectivity index (χ2n) is 7.13. The van der Waals surface area contributed by atoms with E-state index in [2.05, 4.69) is 5.43 Å². The molecule has 0 saturated carbocycles. The normalized spacial score (nSPS) is 18.6. The number of imide groups is 1. The van der Waals surface area contributed by atoms with Gasteiger partial charge in [-0.25, -0.2) is 0 Å². The van der Waals surface area contributed by atoms with E-state index in [-0.39, 0.29) is 30.0 Å². The van der Waals surface area contributed by atoms with Crippen LogP contribution in [-0.4, -0.2) is 40.1 Å². The van der Waals surface area contributed by atoms with Gasteiger partial charge in [0.05, 0.1) is 17.0 Å². The van der Waals surface area contributed by atoms with Crippen LogP contribution in [0.3, 0.4) is 0 Å². The predicted octanol–water partition coefficient (Wildman–Crippen LogP) is 1.67. The molecule has 2 aliphatic heterocycles. The Morgan fingerprint density at radius 3 is 2.21 bits per heavy atom. The summed E-state index contributed by atoms with van der Waals surface area (Å²) < 4.78 is 0. The van der Waals surface area contributed by atoms with Gasteiger partial charge in [0.1, 0.15) is 0 Å². The third-order valence-corrected chi connectivity index (χ3v) is 5.10. The van der Waals surface area contributed by atoms with E-state index in [1.807, 2.05) is 31.2 Å². The first kappa shape index (κ1) is 17.9. The van der Waals surface area contributed by atoms with Crippen molar-refractivity contribution < 1.29 is 19.2 Å². The summed E-state index contributed by atoms with van der Waals surface area (Å²) in [6.07, 6.45) is 0.0564. The highest BCUT2D eigenvalue weighted by atomic mass is 16.2. The third-order valence-electron chi connectivity index (χ3n) is 5.10. The molecule has 7 nitrogen and oxygen atoms in total. The number of aryl methyl sites for hydroxylation is 1. The minimum absolute atomic E-state index is 0.0564. The van der Waals surface area contributed by atoms with Crippen LogP contribution in [0.5, 0.6) is 0 Å². The number of amides is 4. The van der Waals surface area contributed by atoms with Crippen molar-refractivity contribution in [3.05, 3.63) is 70.8 Å². The van der Waals surface area contributed by atoms with Crippen LogP contribution in [0.1, 0.15) is 38.3 Å². The highest BCUT2D eigenvalue weighted by Gasteiger charge is 2.40. The zero-order valence-corrected chi connectivity index (χ0v) is 15.3. The quantitative estimate of drug-likeness (QED) is 0.821. The van der Waals surface area contributed by atoms with E-state index in [1.54, 1.807) is 29.2 Å². The summed E-state index contributed by atoms with van der Waals surface area (Å²) in [4.78, 5) is 51.3. The van der Waals surface area contributed by atoms with Gasteiger partial charge in [-0.3, -0.25) is 24.6 Å². The first-order valence-corrected chi connectivity index (χ1v) is 9.05. The van der Waals surface area contributed by atoms with E-state index >= 15 is 0 Å². The van der Waals surface area contributed by atoms with Gasteiger partial charge >= 0.3 is 0 Å². The molecule has 2 aliphatic rings. The van der Waals surface area contributed by atoms with Crippen molar-refractivity contribution in [2.45, 2.75) is 19.9 Å². The van der Waals surface area contributed by atoms with Crippen LogP contribution in [0.15, 0.2) is 48.5 Å². The monoisotopic (exact) mass is 377 g/mol. The molecule has 1 unspecified atom stereocenters. The topological polar surface area (TPSA) is 86.8 Å². The molecule has 28 heavy (non-hydrogen) atoms. The summed E-state index contributed by atoms with van der Waals surface area (Å²) in [6, 6.07) is 14.3. The number of hydrogen-bond acceptors (Lipinski definition) is 4. The highest BCUT2D eigenvalue weighted by Crippen LogP contribution is 2.23. The van der Waals surface area contributed by atoms with E-state index in [0.717, 1.165) is 16.1 Å². The number of fused-ring (bicyclic) bond motifs is 1. The van der Waals surface area contributed by atoms with Crippen LogP contribution >= 0.6 is 0 Å². The number of likely N-dealkylation sites (tertiary alicyclic amines) is 1. The number of nitrogens with zero attached hydrogens (tertiary/aromatic N) is 2. The largest absolute Gasteiger partial charge is 0.338 e. The summed E-state index contributed by atoms with van der Waals surface area (Å²) in [6.45, 7) is 2.67. The Bertz CT molecular complexity index is 948. The SMILES string of the molecule is Cc1ccc(CN2CC(C(=O)NN3C(=O)c4ccccc4C3=O)CC2=O)cc1. The van der Waals surface area contributed by atoms with Crippen LogP contribution < -0.4 is 5.43 Å². The molecule has 1 fully saturated rings. The van der Waals surface area contributed by atoms with E-state index < -0.39 is 23.6 Å². The van der Waals surface area contributed by atoms with E-state index in [4.69, 9.17) is 0 Å². The zero-order valence-electron chi connectivity index (χ0n) is 15.3. The van der Waals surface area contributed by atoms with Gasteiger partial charge in [0.2, 0.25) is 11.8 Å². The maximum atomic E-state index is 12.6. The molecule has 2 aromatic rings. The number of hydrogen-bond donors (Lipinski definition) is 1. The average Bonchev–Trinajstić information content (AvgIpc) is 3.17. The van der Waals surface area contributed by atoms with Gasteiger partial charge in [0, 0.05) is 19.5 Å². The van der Waals surface area contributed by atoms with Crippen LogP contribution in [0, 0.1) is 12.8 Å². The number of nitrogens with one attached hydrogen (secondary N) is 1. The first-order chi connectivity index (χ1) is 13.4. The van der Waals surface area contributed by atoms with Gasteiger partial charge in [-0.15, -0.1) is 0 Å². The maximum absolute atomic E-state index is 12.6. The lowest BCUT2D eigenvalue weighted by Crippen LogP contribution is -2.48. The molecule has 7 heteroatoms. The third kappa shape index (κ3) is 3.15. The summed E-state index contributed by atoms with van der Waals surface area (Å²) in [5, 5.41) is 0.736.